The lowest BCUT2D eigenvalue weighted by Crippen LogP contribution is -2.04. The Morgan fingerprint density at radius 1 is 0.880 bits per heavy atom. The third-order valence-electron chi connectivity index (χ3n) is 4.00. The molecule has 4 nitrogen and oxygen atoms in total. The molecule has 0 aliphatic heterocycles. The first-order chi connectivity index (χ1) is 12.3. The largest absolute Gasteiger partial charge is 0.492 e. The molecule has 0 aliphatic carbocycles. The molecule has 0 atom stereocenters. The lowest BCUT2D eigenvalue weighted by Gasteiger charge is -2.09. The van der Waals surface area contributed by atoms with Crippen molar-refractivity contribution in [3.63, 3.8) is 0 Å². The molecule has 3 rings (SSSR count). The Hall–Kier alpha value is -2.33. The minimum Gasteiger partial charge on any atom is -0.492 e. The molecule has 3 aromatic rings. The first-order valence-electron chi connectivity index (χ1n) is 8.65. The van der Waals surface area contributed by atoms with Crippen molar-refractivity contribution in [3.05, 3.63) is 59.9 Å². The smallest absolute Gasteiger partial charge is 0.137 e. The zero-order valence-electron chi connectivity index (χ0n) is 14.1. The number of hydrogen-bond donors (Lipinski definition) is 1. The van der Waals surface area contributed by atoms with Gasteiger partial charge in [-0.25, -0.2) is 9.97 Å². The Kier molecular flexibility index (Phi) is 6.46. The van der Waals surface area contributed by atoms with Gasteiger partial charge in [0.2, 0.25) is 0 Å². The molecule has 0 bridgehead atoms. The monoisotopic (exact) mass is 355 g/mol. The molecule has 1 N–H and O–H groups in total. The number of ether oxygens (including phenoxy) is 1. The average molecular weight is 356 g/mol. The van der Waals surface area contributed by atoms with E-state index in [-0.39, 0.29) is 0 Å². The summed E-state index contributed by atoms with van der Waals surface area (Å²) in [4.78, 5) is 8.62. The van der Waals surface area contributed by atoms with Gasteiger partial charge in [-0.15, -0.1) is 0 Å². The average Bonchev–Trinajstić information content (AvgIpc) is 2.65. The van der Waals surface area contributed by atoms with Crippen molar-refractivity contribution in [3.8, 4) is 5.75 Å². The fraction of sp³-hybridized carbons (Fsp3) is 0.300. The van der Waals surface area contributed by atoms with Crippen LogP contribution in [0, 0.1) is 0 Å². The number of nitrogens with one attached hydrogen (secondary N) is 1. The number of fused-ring (bicyclic) bond motifs is 1. The van der Waals surface area contributed by atoms with Gasteiger partial charge in [0.1, 0.15) is 17.9 Å². The van der Waals surface area contributed by atoms with Crippen LogP contribution in [-0.2, 0) is 0 Å². The summed E-state index contributed by atoms with van der Waals surface area (Å²) in [7, 11) is 0. The SMILES string of the molecule is Clc1ccccc1OCCCCCCNc1ncnc2ccccc12. The quantitative estimate of drug-likeness (QED) is 0.526. The second kappa shape index (κ2) is 9.23. The number of nitrogens with zero attached hydrogens (tertiary/aromatic N) is 2. The maximum Gasteiger partial charge on any atom is 0.137 e. The molecule has 25 heavy (non-hydrogen) atoms. The normalized spacial score (nSPS) is 10.8. The van der Waals surface area contributed by atoms with Crippen LogP contribution in [-0.4, -0.2) is 23.1 Å². The number of halogens is 1. The van der Waals surface area contributed by atoms with Crippen molar-refractivity contribution in [1.82, 2.24) is 9.97 Å². The van der Waals surface area contributed by atoms with Gasteiger partial charge in [-0.3, -0.25) is 0 Å². The number of para-hydroxylation sites is 2. The summed E-state index contributed by atoms with van der Waals surface area (Å²) in [5, 5.41) is 5.15. The highest BCUT2D eigenvalue weighted by molar-refractivity contribution is 6.32. The summed E-state index contributed by atoms with van der Waals surface area (Å²) in [6.45, 7) is 1.61. The summed E-state index contributed by atoms with van der Waals surface area (Å²) in [6, 6.07) is 15.6. The Balaban J connectivity index is 1.32. The van der Waals surface area contributed by atoms with Crippen molar-refractivity contribution in [1.29, 1.82) is 0 Å². The molecule has 5 heteroatoms. The van der Waals surface area contributed by atoms with Crippen LogP contribution in [0.2, 0.25) is 5.02 Å². The molecule has 130 valence electrons. The minimum atomic E-state index is 0.670. The predicted octanol–water partition coefficient (Wildman–Crippen LogP) is 5.33. The molecule has 0 saturated heterocycles. The third kappa shape index (κ3) is 5.07. The first-order valence-corrected chi connectivity index (χ1v) is 9.03. The van der Waals surface area contributed by atoms with Gasteiger partial charge in [-0.2, -0.15) is 0 Å². The van der Waals surface area contributed by atoms with E-state index in [1.54, 1.807) is 6.33 Å². The van der Waals surface area contributed by atoms with Gasteiger partial charge in [0.15, 0.2) is 0 Å². The molecule has 2 aromatic carbocycles. The molecule has 0 aliphatic rings. The highest BCUT2D eigenvalue weighted by Crippen LogP contribution is 2.23. The summed E-state index contributed by atoms with van der Waals surface area (Å²) < 4.78 is 5.70. The molecule has 0 unspecified atom stereocenters. The molecule has 0 saturated carbocycles. The molecular weight excluding hydrogens is 334 g/mol. The van der Waals surface area contributed by atoms with Crippen molar-refractivity contribution in [2.24, 2.45) is 0 Å². The van der Waals surface area contributed by atoms with Crippen LogP contribution in [0.5, 0.6) is 5.75 Å². The molecule has 0 amide bonds. The van der Waals surface area contributed by atoms with Gasteiger partial charge < -0.3 is 10.1 Å². The van der Waals surface area contributed by atoms with Gasteiger partial charge >= 0.3 is 0 Å². The van der Waals surface area contributed by atoms with Crippen LogP contribution in [0.1, 0.15) is 25.7 Å². The molecule has 1 aromatic heterocycles. The Bertz CT molecular complexity index is 804. The summed E-state index contributed by atoms with van der Waals surface area (Å²) in [6.07, 6.45) is 6.03. The molecule has 0 fully saturated rings. The highest BCUT2D eigenvalue weighted by atomic mass is 35.5. The molecular formula is C20H22ClN3O. The fourth-order valence-corrected chi connectivity index (χ4v) is 2.87. The molecule has 0 spiro atoms. The minimum absolute atomic E-state index is 0.670. The summed E-state index contributed by atoms with van der Waals surface area (Å²) in [5.41, 5.74) is 0.969. The maximum absolute atomic E-state index is 6.06. The number of aromatic nitrogens is 2. The third-order valence-corrected chi connectivity index (χ3v) is 4.31. The standard InChI is InChI=1S/C20H22ClN3O/c21-17-10-4-6-12-19(17)25-14-8-2-1-7-13-22-20-16-9-3-5-11-18(16)23-15-24-20/h3-6,9-12,15H,1-2,7-8,13-14H2,(H,22,23,24). The highest BCUT2D eigenvalue weighted by Gasteiger charge is 2.02. The van der Waals surface area contributed by atoms with Crippen LogP contribution in [0.15, 0.2) is 54.9 Å². The van der Waals surface area contributed by atoms with E-state index in [1.807, 2.05) is 48.5 Å². The van der Waals surface area contributed by atoms with Crippen LogP contribution in [0.3, 0.4) is 0 Å². The number of benzene rings is 2. The second-order valence-corrected chi connectivity index (χ2v) is 6.27. The molecule has 0 radical (unpaired) electrons. The van der Waals surface area contributed by atoms with E-state index in [9.17, 15) is 0 Å². The molecule has 1 heterocycles. The zero-order valence-corrected chi connectivity index (χ0v) is 14.9. The van der Waals surface area contributed by atoms with Crippen molar-refractivity contribution in [2.75, 3.05) is 18.5 Å². The van der Waals surface area contributed by atoms with E-state index < -0.39 is 0 Å². The van der Waals surface area contributed by atoms with Gasteiger partial charge in [0.25, 0.3) is 0 Å². The van der Waals surface area contributed by atoms with Gasteiger partial charge in [-0.1, -0.05) is 48.7 Å². The van der Waals surface area contributed by atoms with Crippen LogP contribution in [0.25, 0.3) is 10.9 Å². The maximum atomic E-state index is 6.06. The zero-order chi connectivity index (χ0) is 17.3. The van der Waals surface area contributed by atoms with E-state index in [0.717, 1.165) is 54.7 Å². The number of rotatable bonds is 9. The fourth-order valence-electron chi connectivity index (χ4n) is 2.68. The van der Waals surface area contributed by atoms with E-state index >= 15 is 0 Å². The first kappa shape index (κ1) is 17.5. The second-order valence-electron chi connectivity index (χ2n) is 5.86. The number of hydrogen-bond acceptors (Lipinski definition) is 4. The number of anilines is 1. The topological polar surface area (TPSA) is 47.0 Å². The van der Waals surface area contributed by atoms with Crippen molar-refractivity contribution in [2.45, 2.75) is 25.7 Å². The van der Waals surface area contributed by atoms with E-state index in [0.29, 0.717) is 11.6 Å². The summed E-state index contributed by atoms with van der Waals surface area (Å²) >= 11 is 6.06. The van der Waals surface area contributed by atoms with E-state index in [1.165, 1.54) is 0 Å². The van der Waals surface area contributed by atoms with Gasteiger partial charge in [0.05, 0.1) is 17.1 Å². The van der Waals surface area contributed by atoms with Crippen molar-refractivity contribution < 1.29 is 4.74 Å². The predicted molar refractivity (Wildman–Crippen MR) is 103 cm³/mol. The lowest BCUT2D eigenvalue weighted by molar-refractivity contribution is 0.305. The van der Waals surface area contributed by atoms with Crippen LogP contribution >= 0.6 is 11.6 Å². The van der Waals surface area contributed by atoms with E-state index in [4.69, 9.17) is 16.3 Å². The van der Waals surface area contributed by atoms with Crippen LogP contribution < -0.4 is 10.1 Å². The van der Waals surface area contributed by atoms with Gasteiger partial charge in [-0.05, 0) is 37.1 Å². The Morgan fingerprint density at radius 2 is 1.68 bits per heavy atom. The van der Waals surface area contributed by atoms with Gasteiger partial charge in [0, 0.05) is 11.9 Å². The number of unbranched alkanes of at least 4 members (excludes halogenated alkanes) is 3. The van der Waals surface area contributed by atoms with Crippen molar-refractivity contribution >= 4 is 28.3 Å². The Morgan fingerprint density at radius 3 is 2.60 bits per heavy atom. The van der Waals surface area contributed by atoms with E-state index in [2.05, 4.69) is 15.3 Å². The lowest BCUT2D eigenvalue weighted by atomic mass is 10.2. The Labute approximate surface area is 153 Å². The van der Waals surface area contributed by atoms with Crippen LogP contribution in [0.4, 0.5) is 5.82 Å². The summed E-state index contributed by atoms with van der Waals surface area (Å²) in [5.74, 6) is 1.68.